The van der Waals surface area contributed by atoms with Crippen LogP contribution in [0.1, 0.15) is 51.5 Å². The molecule has 1 N–H and O–H groups in total. The maximum atomic E-state index is 13.3. The molecule has 0 aliphatic rings. The summed E-state index contributed by atoms with van der Waals surface area (Å²) in [6.45, 7) is 8.50. The van der Waals surface area contributed by atoms with Crippen LogP contribution in [-0.4, -0.2) is 32.3 Å². The minimum atomic E-state index is -0.292. The van der Waals surface area contributed by atoms with Crippen molar-refractivity contribution in [2.75, 3.05) is 0 Å². The van der Waals surface area contributed by atoms with E-state index in [-0.39, 0.29) is 30.4 Å². The van der Waals surface area contributed by atoms with Gasteiger partial charge in [0.15, 0.2) is 0 Å². The molecule has 0 aliphatic heterocycles. The third-order valence-electron chi connectivity index (χ3n) is 5.20. The number of aromatic nitrogens is 2. The zero-order valence-corrected chi connectivity index (χ0v) is 18.1. The Morgan fingerprint density at radius 3 is 2.37 bits per heavy atom. The molecule has 0 radical (unpaired) electrons. The lowest BCUT2D eigenvalue weighted by Gasteiger charge is -2.28. The zero-order valence-electron chi connectivity index (χ0n) is 18.1. The van der Waals surface area contributed by atoms with Crippen LogP contribution >= 0.6 is 0 Å². The Labute approximate surface area is 177 Å². The van der Waals surface area contributed by atoms with E-state index in [4.69, 9.17) is 4.98 Å². The van der Waals surface area contributed by atoms with Gasteiger partial charge in [-0.1, -0.05) is 49.4 Å². The topological polar surface area (TPSA) is 67.2 Å². The summed E-state index contributed by atoms with van der Waals surface area (Å²) in [5.41, 5.74) is 2.80. The summed E-state index contributed by atoms with van der Waals surface area (Å²) in [6.07, 6.45) is 0.404. The molecular formula is C24H30N4O2. The van der Waals surface area contributed by atoms with Crippen LogP contribution in [-0.2, 0) is 22.7 Å². The standard InChI is InChI=1S/C24H30N4O2/c1-5-22(29)25-18(4)24-26-20-13-9-10-14-21(20)28(24)16-23(30)27(17(2)3)15-19-11-7-6-8-12-19/h6-14,17-18H,5,15-16H2,1-4H3,(H,25,29). The number of imidazole rings is 1. The van der Waals surface area contributed by atoms with Crippen LogP contribution in [0.25, 0.3) is 11.0 Å². The molecular weight excluding hydrogens is 376 g/mol. The van der Waals surface area contributed by atoms with Gasteiger partial charge >= 0.3 is 0 Å². The first-order valence-corrected chi connectivity index (χ1v) is 10.5. The molecule has 0 fully saturated rings. The van der Waals surface area contributed by atoms with E-state index in [1.807, 2.05) is 91.8 Å². The van der Waals surface area contributed by atoms with Crippen molar-refractivity contribution in [3.8, 4) is 0 Å². The fourth-order valence-electron chi connectivity index (χ4n) is 3.56. The highest BCUT2D eigenvalue weighted by Crippen LogP contribution is 2.22. The molecule has 0 saturated heterocycles. The molecule has 2 aromatic carbocycles. The molecule has 0 saturated carbocycles. The lowest BCUT2D eigenvalue weighted by molar-refractivity contribution is -0.134. The van der Waals surface area contributed by atoms with Crippen LogP contribution in [0.3, 0.4) is 0 Å². The van der Waals surface area contributed by atoms with Gasteiger partial charge in [0.25, 0.3) is 0 Å². The fourth-order valence-corrected chi connectivity index (χ4v) is 3.56. The molecule has 158 valence electrons. The van der Waals surface area contributed by atoms with Crippen molar-refractivity contribution < 1.29 is 9.59 Å². The van der Waals surface area contributed by atoms with E-state index in [1.54, 1.807) is 0 Å². The van der Waals surface area contributed by atoms with E-state index in [0.29, 0.717) is 18.8 Å². The van der Waals surface area contributed by atoms with E-state index in [9.17, 15) is 9.59 Å². The molecule has 2 amide bonds. The molecule has 1 aromatic heterocycles. The van der Waals surface area contributed by atoms with Crippen molar-refractivity contribution in [1.29, 1.82) is 0 Å². The normalized spacial score (nSPS) is 12.2. The molecule has 30 heavy (non-hydrogen) atoms. The monoisotopic (exact) mass is 406 g/mol. The number of hydrogen-bond acceptors (Lipinski definition) is 3. The maximum Gasteiger partial charge on any atom is 0.243 e. The number of nitrogens with zero attached hydrogens (tertiary/aromatic N) is 3. The lowest BCUT2D eigenvalue weighted by atomic mass is 10.2. The van der Waals surface area contributed by atoms with Gasteiger partial charge in [0.2, 0.25) is 11.8 Å². The Morgan fingerprint density at radius 1 is 1.03 bits per heavy atom. The predicted molar refractivity (Wildman–Crippen MR) is 119 cm³/mol. The predicted octanol–water partition coefficient (Wildman–Crippen LogP) is 4.06. The maximum absolute atomic E-state index is 13.3. The number of rotatable bonds is 8. The molecule has 1 unspecified atom stereocenters. The molecule has 1 atom stereocenters. The smallest absolute Gasteiger partial charge is 0.243 e. The number of amides is 2. The fraction of sp³-hybridized carbons (Fsp3) is 0.375. The van der Waals surface area contributed by atoms with Crippen molar-refractivity contribution >= 4 is 22.8 Å². The summed E-state index contributed by atoms with van der Waals surface area (Å²) in [7, 11) is 0. The highest BCUT2D eigenvalue weighted by atomic mass is 16.2. The van der Waals surface area contributed by atoms with Gasteiger partial charge in [-0.15, -0.1) is 0 Å². The highest BCUT2D eigenvalue weighted by molar-refractivity contribution is 5.82. The SMILES string of the molecule is CCC(=O)NC(C)c1nc2ccccc2n1CC(=O)N(Cc1ccccc1)C(C)C. The van der Waals surface area contributed by atoms with Crippen LogP contribution in [0.5, 0.6) is 0 Å². The van der Waals surface area contributed by atoms with Crippen molar-refractivity contribution in [2.24, 2.45) is 0 Å². The summed E-state index contributed by atoms with van der Waals surface area (Å²) in [5.74, 6) is 0.669. The van der Waals surface area contributed by atoms with Gasteiger partial charge in [-0.25, -0.2) is 4.98 Å². The molecule has 6 heteroatoms. The summed E-state index contributed by atoms with van der Waals surface area (Å²) >= 11 is 0. The van der Waals surface area contributed by atoms with E-state index in [1.165, 1.54) is 0 Å². The van der Waals surface area contributed by atoms with Crippen LogP contribution in [0.2, 0.25) is 0 Å². The summed E-state index contributed by atoms with van der Waals surface area (Å²) in [6, 6.07) is 17.5. The second-order valence-electron chi connectivity index (χ2n) is 7.79. The Kier molecular flexibility index (Phi) is 6.87. The minimum absolute atomic E-state index is 0.0206. The molecule has 0 aliphatic carbocycles. The van der Waals surface area contributed by atoms with Gasteiger partial charge < -0.3 is 14.8 Å². The number of carbonyl (C=O) groups is 2. The largest absolute Gasteiger partial charge is 0.346 e. The number of nitrogens with one attached hydrogen (secondary N) is 1. The molecule has 6 nitrogen and oxygen atoms in total. The Morgan fingerprint density at radius 2 is 1.70 bits per heavy atom. The van der Waals surface area contributed by atoms with E-state index >= 15 is 0 Å². The van der Waals surface area contributed by atoms with Crippen LogP contribution in [0.15, 0.2) is 54.6 Å². The first-order valence-electron chi connectivity index (χ1n) is 10.5. The first kappa shape index (κ1) is 21.6. The van der Waals surface area contributed by atoms with Crippen LogP contribution < -0.4 is 5.32 Å². The van der Waals surface area contributed by atoms with Crippen molar-refractivity contribution in [3.63, 3.8) is 0 Å². The second kappa shape index (κ2) is 9.57. The third kappa shape index (κ3) is 4.87. The molecule has 1 heterocycles. The number of para-hydroxylation sites is 2. The summed E-state index contributed by atoms with van der Waals surface area (Å²) < 4.78 is 1.93. The number of carbonyl (C=O) groups excluding carboxylic acids is 2. The summed E-state index contributed by atoms with van der Waals surface area (Å²) in [5, 5.41) is 2.97. The summed E-state index contributed by atoms with van der Waals surface area (Å²) in [4.78, 5) is 31.9. The van der Waals surface area contributed by atoms with Gasteiger partial charge in [-0.2, -0.15) is 0 Å². The van der Waals surface area contributed by atoms with Crippen LogP contribution in [0, 0.1) is 0 Å². The van der Waals surface area contributed by atoms with Crippen molar-refractivity contribution in [3.05, 3.63) is 66.0 Å². The highest BCUT2D eigenvalue weighted by Gasteiger charge is 2.23. The Hall–Kier alpha value is -3.15. The van der Waals surface area contributed by atoms with Crippen molar-refractivity contribution in [1.82, 2.24) is 19.8 Å². The average Bonchev–Trinajstić information content (AvgIpc) is 3.11. The van der Waals surface area contributed by atoms with E-state index in [2.05, 4.69) is 5.32 Å². The molecule has 3 rings (SSSR count). The average molecular weight is 407 g/mol. The molecule has 0 bridgehead atoms. The number of fused-ring (bicyclic) bond motifs is 1. The molecule has 0 spiro atoms. The second-order valence-corrected chi connectivity index (χ2v) is 7.79. The van der Waals surface area contributed by atoms with Crippen LogP contribution in [0.4, 0.5) is 0 Å². The third-order valence-corrected chi connectivity index (χ3v) is 5.20. The number of benzene rings is 2. The van der Waals surface area contributed by atoms with Gasteiger partial charge in [-0.3, -0.25) is 9.59 Å². The quantitative estimate of drug-likeness (QED) is 0.613. The lowest BCUT2D eigenvalue weighted by Crippen LogP contribution is -2.39. The van der Waals surface area contributed by atoms with Gasteiger partial charge in [0, 0.05) is 19.0 Å². The first-order chi connectivity index (χ1) is 14.4. The molecule has 3 aromatic rings. The number of hydrogen-bond donors (Lipinski definition) is 1. The van der Waals surface area contributed by atoms with E-state index < -0.39 is 0 Å². The zero-order chi connectivity index (χ0) is 21.7. The Balaban J connectivity index is 1.91. The minimum Gasteiger partial charge on any atom is -0.346 e. The van der Waals surface area contributed by atoms with Gasteiger partial charge in [-0.05, 0) is 38.5 Å². The Bertz CT molecular complexity index is 1010. The van der Waals surface area contributed by atoms with Gasteiger partial charge in [0.1, 0.15) is 12.4 Å². The van der Waals surface area contributed by atoms with Gasteiger partial charge in [0.05, 0.1) is 17.1 Å². The van der Waals surface area contributed by atoms with Crippen molar-refractivity contribution in [2.45, 2.75) is 59.3 Å². The van der Waals surface area contributed by atoms with E-state index in [0.717, 1.165) is 16.6 Å².